The van der Waals surface area contributed by atoms with Crippen molar-refractivity contribution in [1.82, 2.24) is 10.6 Å². The van der Waals surface area contributed by atoms with Crippen molar-refractivity contribution in [1.29, 1.82) is 0 Å². The Labute approximate surface area is 111 Å². The van der Waals surface area contributed by atoms with E-state index in [9.17, 15) is 9.59 Å². The van der Waals surface area contributed by atoms with Crippen molar-refractivity contribution in [2.24, 2.45) is 0 Å². The fourth-order valence-corrected chi connectivity index (χ4v) is 3.26. The number of thiophene rings is 1. The average molecular weight is 266 g/mol. The Kier molecular flexibility index (Phi) is 4.01. The van der Waals surface area contributed by atoms with Crippen LogP contribution in [0.4, 0.5) is 0 Å². The number of carbonyl (C=O) groups is 2. The molecule has 1 heterocycles. The summed E-state index contributed by atoms with van der Waals surface area (Å²) in [4.78, 5) is 25.6. The molecule has 18 heavy (non-hydrogen) atoms. The number of carbonyl (C=O) groups excluding carboxylic acids is 2. The molecule has 0 saturated heterocycles. The summed E-state index contributed by atoms with van der Waals surface area (Å²) in [6, 6.07) is 1.47. The van der Waals surface area contributed by atoms with Crippen LogP contribution in [0.2, 0.25) is 0 Å². The minimum absolute atomic E-state index is 0.144. The van der Waals surface area contributed by atoms with E-state index >= 15 is 0 Å². The van der Waals surface area contributed by atoms with E-state index in [0.29, 0.717) is 6.54 Å². The molecule has 1 aliphatic rings. The first-order chi connectivity index (χ1) is 8.61. The highest BCUT2D eigenvalue weighted by atomic mass is 32.1. The van der Waals surface area contributed by atoms with Crippen molar-refractivity contribution in [3.8, 4) is 0 Å². The smallest absolute Gasteiger partial charge is 0.262 e. The molecule has 2 N–H and O–H groups in total. The highest BCUT2D eigenvalue weighted by Gasteiger charge is 2.21. The van der Waals surface area contributed by atoms with E-state index in [-0.39, 0.29) is 11.8 Å². The number of likely N-dealkylation sites (N-methyl/N-ethyl adjacent to an activating group) is 1. The Morgan fingerprint density at radius 3 is 2.89 bits per heavy atom. The molecule has 0 fully saturated rings. The minimum Gasteiger partial charge on any atom is -0.355 e. The maximum Gasteiger partial charge on any atom is 0.262 e. The van der Waals surface area contributed by atoms with Crippen LogP contribution in [0.1, 0.15) is 40.4 Å². The van der Waals surface area contributed by atoms with Gasteiger partial charge >= 0.3 is 0 Å². The fourth-order valence-electron chi connectivity index (χ4n) is 2.10. The van der Waals surface area contributed by atoms with Crippen LogP contribution >= 0.6 is 11.3 Å². The summed E-state index contributed by atoms with van der Waals surface area (Å²) in [5.74, 6) is -0.289. The highest BCUT2D eigenvalue weighted by molar-refractivity contribution is 7.14. The molecule has 0 spiro atoms. The van der Waals surface area contributed by atoms with Gasteiger partial charge in [-0.15, -0.1) is 11.3 Å². The third-order valence-corrected chi connectivity index (χ3v) is 4.30. The van der Waals surface area contributed by atoms with Crippen molar-refractivity contribution in [3.63, 3.8) is 0 Å². The number of hydrogen-bond acceptors (Lipinski definition) is 3. The van der Waals surface area contributed by atoms with Crippen LogP contribution in [0.25, 0.3) is 0 Å². The van der Waals surface area contributed by atoms with Crippen LogP contribution in [0, 0.1) is 0 Å². The Balaban J connectivity index is 1.97. The molecule has 0 radical (unpaired) electrons. The zero-order valence-electron chi connectivity index (χ0n) is 10.7. The van der Waals surface area contributed by atoms with Crippen molar-refractivity contribution < 1.29 is 9.59 Å². The molecule has 0 unspecified atom stereocenters. The first-order valence-electron chi connectivity index (χ1n) is 6.32. The Morgan fingerprint density at radius 1 is 1.44 bits per heavy atom. The quantitative estimate of drug-likeness (QED) is 0.867. The van der Waals surface area contributed by atoms with Crippen molar-refractivity contribution in [2.75, 3.05) is 6.54 Å². The summed E-state index contributed by atoms with van der Waals surface area (Å²) in [6.07, 6.45) is 3.35. The highest BCUT2D eigenvalue weighted by Crippen LogP contribution is 2.30. The van der Waals surface area contributed by atoms with Crippen LogP contribution in [0.3, 0.4) is 0 Å². The van der Waals surface area contributed by atoms with Crippen LogP contribution < -0.4 is 10.6 Å². The molecule has 1 atom stereocenters. The van der Waals surface area contributed by atoms with E-state index in [1.165, 1.54) is 16.9 Å². The molecular weight excluding hydrogens is 248 g/mol. The van der Waals surface area contributed by atoms with E-state index in [1.54, 1.807) is 18.3 Å². The van der Waals surface area contributed by atoms with E-state index in [0.717, 1.165) is 17.7 Å². The van der Waals surface area contributed by atoms with Gasteiger partial charge in [-0.1, -0.05) is 0 Å². The van der Waals surface area contributed by atoms with Crippen LogP contribution in [-0.4, -0.2) is 24.4 Å². The monoisotopic (exact) mass is 266 g/mol. The first-order valence-corrected chi connectivity index (χ1v) is 7.13. The summed E-state index contributed by atoms with van der Waals surface area (Å²) in [5, 5.41) is 5.42. The standard InChI is InChI=1S/C13H18N2O2S/c1-3-14-12(16)8(2)15-13(17)11-7-9-5-4-6-10(9)18-11/h7-8H,3-6H2,1-2H3,(H,14,16)(H,15,17)/t8-/m0/s1. The van der Waals surface area contributed by atoms with Gasteiger partial charge in [0.1, 0.15) is 6.04 Å². The fraction of sp³-hybridized carbons (Fsp3) is 0.538. The van der Waals surface area contributed by atoms with Gasteiger partial charge in [-0.2, -0.15) is 0 Å². The molecule has 5 heteroatoms. The number of fused-ring (bicyclic) bond motifs is 1. The van der Waals surface area contributed by atoms with Gasteiger partial charge in [-0.05, 0) is 44.7 Å². The molecule has 0 aliphatic heterocycles. The lowest BCUT2D eigenvalue weighted by atomic mass is 10.2. The third-order valence-electron chi connectivity index (χ3n) is 3.06. The maximum atomic E-state index is 12.0. The molecule has 1 aromatic rings. The van der Waals surface area contributed by atoms with Crippen LogP contribution in [-0.2, 0) is 17.6 Å². The van der Waals surface area contributed by atoms with Gasteiger partial charge in [0.15, 0.2) is 0 Å². The van der Waals surface area contributed by atoms with Crippen molar-refractivity contribution in [3.05, 3.63) is 21.4 Å². The Bertz CT molecular complexity index is 446. The predicted molar refractivity (Wildman–Crippen MR) is 72.0 cm³/mol. The topological polar surface area (TPSA) is 58.2 Å². The maximum absolute atomic E-state index is 12.0. The Hall–Kier alpha value is -1.36. The van der Waals surface area contributed by atoms with Crippen LogP contribution in [0.5, 0.6) is 0 Å². The SMILES string of the molecule is CCNC(=O)[C@H](C)NC(=O)c1cc2c(s1)CCC2. The predicted octanol–water partition coefficient (Wildman–Crippen LogP) is 1.49. The number of hydrogen-bond donors (Lipinski definition) is 2. The van der Waals surface area contributed by atoms with Crippen molar-refractivity contribution in [2.45, 2.75) is 39.2 Å². The summed E-state index contributed by atoms with van der Waals surface area (Å²) in [7, 11) is 0. The second kappa shape index (κ2) is 5.52. The summed E-state index contributed by atoms with van der Waals surface area (Å²) >= 11 is 1.55. The van der Waals surface area contributed by atoms with Gasteiger partial charge in [-0.25, -0.2) is 0 Å². The molecule has 2 amide bonds. The molecule has 1 aliphatic carbocycles. The zero-order valence-corrected chi connectivity index (χ0v) is 11.5. The van der Waals surface area contributed by atoms with E-state index in [4.69, 9.17) is 0 Å². The number of aryl methyl sites for hydroxylation is 2. The second-order valence-corrected chi connectivity index (χ2v) is 5.64. The summed E-state index contributed by atoms with van der Waals surface area (Å²) in [5.41, 5.74) is 1.30. The molecule has 0 aromatic carbocycles. The summed E-state index contributed by atoms with van der Waals surface area (Å²) < 4.78 is 0. The van der Waals surface area contributed by atoms with Gasteiger partial charge in [0, 0.05) is 11.4 Å². The molecule has 0 saturated carbocycles. The normalized spacial score (nSPS) is 15.0. The van der Waals surface area contributed by atoms with Gasteiger partial charge in [-0.3, -0.25) is 9.59 Å². The molecule has 2 rings (SSSR count). The van der Waals surface area contributed by atoms with Gasteiger partial charge in [0.2, 0.25) is 5.91 Å². The van der Waals surface area contributed by atoms with Crippen LogP contribution in [0.15, 0.2) is 6.07 Å². The third kappa shape index (κ3) is 2.72. The average Bonchev–Trinajstić information content (AvgIpc) is 2.88. The lowest BCUT2D eigenvalue weighted by Crippen LogP contribution is -2.44. The van der Waals surface area contributed by atoms with Gasteiger partial charge < -0.3 is 10.6 Å². The molecule has 98 valence electrons. The van der Waals surface area contributed by atoms with Gasteiger partial charge in [0.25, 0.3) is 5.91 Å². The molecule has 0 bridgehead atoms. The van der Waals surface area contributed by atoms with E-state index in [2.05, 4.69) is 10.6 Å². The lowest BCUT2D eigenvalue weighted by Gasteiger charge is -2.12. The number of rotatable bonds is 4. The van der Waals surface area contributed by atoms with Gasteiger partial charge in [0.05, 0.1) is 4.88 Å². The second-order valence-electron chi connectivity index (χ2n) is 4.50. The van der Waals surface area contributed by atoms with E-state index in [1.807, 2.05) is 13.0 Å². The zero-order chi connectivity index (χ0) is 13.1. The van der Waals surface area contributed by atoms with E-state index < -0.39 is 6.04 Å². The largest absolute Gasteiger partial charge is 0.355 e. The minimum atomic E-state index is -0.491. The molecule has 1 aromatic heterocycles. The summed E-state index contributed by atoms with van der Waals surface area (Å²) in [6.45, 7) is 4.13. The Morgan fingerprint density at radius 2 is 2.22 bits per heavy atom. The number of amides is 2. The number of nitrogens with one attached hydrogen (secondary N) is 2. The first kappa shape index (κ1) is 13.1. The molecular formula is C13H18N2O2S. The van der Waals surface area contributed by atoms with Crippen molar-refractivity contribution >= 4 is 23.2 Å². The molecule has 4 nitrogen and oxygen atoms in total. The lowest BCUT2D eigenvalue weighted by molar-refractivity contribution is -0.122.